The number of aliphatic imine (C=N–C) groups is 2. The lowest BCUT2D eigenvalue weighted by atomic mass is 9.91. The third-order valence-corrected chi connectivity index (χ3v) is 19.7. The maximum absolute atomic E-state index is 14.9. The van der Waals surface area contributed by atoms with E-state index in [1.807, 2.05) is 30.3 Å². The number of rotatable bonds is 47. The highest BCUT2D eigenvalue weighted by Gasteiger charge is 2.38. The molecule has 30 heteroatoms. The fourth-order valence-corrected chi connectivity index (χ4v) is 13.9. The zero-order chi connectivity index (χ0) is 78.6. The number of nitrogens with one attached hydrogen (secondary N) is 8. The number of phenolic OH excluding ortho intramolecular Hbond substituents is 2. The Morgan fingerprint density at radius 3 is 1.68 bits per heavy atom. The molecule has 8 amide bonds. The molecule has 109 heavy (non-hydrogen) atoms. The molecule has 0 spiro atoms. The second-order valence-electron chi connectivity index (χ2n) is 28.3. The number of methoxy groups -OCH3 is 1. The Balaban J connectivity index is 0.902. The molecule has 2 aliphatic rings. The normalized spacial score (nSPS) is 16.5. The molecule has 2 fully saturated rings. The van der Waals surface area contributed by atoms with E-state index in [-0.39, 0.29) is 112 Å². The molecule has 30 nitrogen and oxygen atoms in total. The first kappa shape index (κ1) is 85.8. The van der Waals surface area contributed by atoms with E-state index in [0.717, 1.165) is 99.5 Å². The number of phenols is 2. The predicted molar refractivity (Wildman–Crippen MR) is 415 cm³/mol. The Kier molecular flexibility index (Phi) is 35.7. The smallest absolute Gasteiger partial charge is 0.306 e. The van der Waals surface area contributed by atoms with Gasteiger partial charge in [0.1, 0.15) is 59.6 Å². The minimum Gasteiger partial charge on any atom is -0.508 e. The molecule has 4 aromatic carbocycles. The van der Waals surface area contributed by atoms with Crippen molar-refractivity contribution in [1.29, 1.82) is 0 Å². The van der Waals surface area contributed by atoms with Crippen molar-refractivity contribution in [3.8, 4) is 17.2 Å². The van der Waals surface area contributed by atoms with E-state index >= 15 is 0 Å². The maximum atomic E-state index is 14.9. The van der Waals surface area contributed by atoms with Crippen molar-refractivity contribution in [2.24, 2.45) is 38.7 Å². The number of carbonyl (C=O) groups is 9. The Morgan fingerprint density at radius 2 is 1.10 bits per heavy atom. The summed E-state index contributed by atoms with van der Waals surface area (Å²) in [5, 5.41) is 40.4. The monoisotopic (exact) mass is 1510 g/mol. The van der Waals surface area contributed by atoms with Crippen LogP contribution in [0.1, 0.15) is 163 Å². The van der Waals surface area contributed by atoms with E-state index in [4.69, 9.17) is 42.9 Å². The van der Waals surface area contributed by atoms with E-state index in [1.165, 1.54) is 67.4 Å². The second-order valence-corrected chi connectivity index (χ2v) is 28.3. The van der Waals surface area contributed by atoms with Crippen LogP contribution in [-0.4, -0.2) is 186 Å². The molecular weight excluding hydrogens is 1400 g/mol. The molecule has 0 radical (unpaired) electrons. The Morgan fingerprint density at radius 1 is 0.578 bits per heavy atom. The number of ether oxygens (including phenoxy) is 3. The average molecular weight is 1510 g/mol. The molecule has 5 aromatic rings. The number of nitrogens with zero attached hydrogens (tertiary/aromatic N) is 3. The largest absolute Gasteiger partial charge is 0.508 e. The van der Waals surface area contributed by atoms with Gasteiger partial charge in [-0.1, -0.05) is 93.1 Å². The van der Waals surface area contributed by atoms with E-state index in [9.17, 15) is 53.4 Å². The van der Waals surface area contributed by atoms with Crippen LogP contribution >= 0.6 is 0 Å². The van der Waals surface area contributed by atoms with Crippen LogP contribution in [0.5, 0.6) is 17.2 Å². The van der Waals surface area contributed by atoms with E-state index in [1.54, 1.807) is 13.3 Å². The lowest BCUT2D eigenvalue weighted by molar-refractivity contribution is -0.149. The van der Waals surface area contributed by atoms with Crippen LogP contribution in [0, 0.1) is 6.92 Å². The first-order chi connectivity index (χ1) is 52.4. The number of fused-ring (bicyclic) bond motifs is 1. The summed E-state index contributed by atoms with van der Waals surface area (Å²) in [6, 6.07) is 17.5. The van der Waals surface area contributed by atoms with E-state index in [2.05, 4.69) is 76.1 Å². The molecule has 9 atom stereocenters. The number of unbranched alkanes of at least 4 members (excludes halogenated alkanes) is 6. The second kappa shape index (κ2) is 45.4. The molecule has 1 saturated heterocycles. The number of primary amides is 1. The molecule has 594 valence electrons. The highest BCUT2D eigenvalue weighted by molar-refractivity contribution is 5.98. The topological polar surface area (TPSA) is 480 Å². The molecular formula is C79H114N16O14. The number of H-pyrrole nitrogens is 1. The summed E-state index contributed by atoms with van der Waals surface area (Å²) in [4.78, 5) is 138. The van der Waals surface area contributed by atoms with Crippen molar-refractivity contribution in [3.05, 3.63) is 125 Å². The fourth-order valence-electron chi connectivity index (χ4n) is 13.9. The summed E-state index contributed by atoms with van der Waals surface area (Å²) in [7, 11) is 1.69. The summed E-state index contributed by atoms with van der Waals surface area (Å²) in [5.74, 6) is -5.42. The van der Waals surface area contributed by atoms with Gasteiger partial charge in [-0.3, -0.25) is 58.0 Å². The maximum Gasteiger partial charge on any atom is 0.306 e. The average Bonchev–Trinajstić information content (AvgIpc) is 1.79. The predicted octanol–water partition coefficient (Wildman–Crippen LogP) is 4.04. The summed E-state index contributed by atoms with van der Waals surface area (Å²) >= 11 is 0. The van der Waals surface area contributed by atoms with Crippen LogP contribution in [0.4, 0.5) is 0 Å². The molecule has 0 bridgehead atoms. The van der Waals surface area contributed by atoms with Gasteiger partial charge in [0.25, 0.3) is 0 Å². The number of amides is 8. The third kappa shape index (κ3) is 30.2. The van der Waals surface area contributed by atoms with Gasteiger partial charge in [-0.2, -0.15) is 0 Å². The number of carbonyl (C=O) groups excluding carboxylic acids is 9. The number of esters is 1. The van der Waals surface area contributed by atoms with Gasteiger partial charge in [0, 0.05) is 94.9 Å². The molecule has 2 heterocycles. The van der Waals surface area contributed by atoms with Crippen molar-refractivity contribution >= 4 is 76.0 Å². The number of hydrogen-bond donors (Lipinski definition) is 15. The summed E-state index contributed by atoms with van der Waals surface area (Å²) in [5.41, 5.74) is 32.9. The lowest BCUT2D eigenvalue weighted by Crippen LogP contribution is -2.60. The van der Waals surface area contributed by atoms with Crippen LogP contribution in [-0.2, 0) is 78.3 Å². The number of aryl methyl sites for hydroxylation is 1. The van der Waals surface area contributed by atoms with Crippen molar-refractivity contribution in [1.82, 2.24) is 47.1 Å². The summed E-state index contributed by atoms with van der Waals surface area (Å²) in [6.07, 6.45) is 14.4. The fraction of sp³-hybridized carbons (Fsp3) is 0.532. The number of guanidine groups is 2. The standard InChI is InChI=1S/C79H114N16O14/c1-50-44-54(31-36-68(50)107-3)38-43-108-69-24-13-12-23-67(69)95-42-37-58(49-95)109-71(100)26-9-7-5-4-6-8-25-70(99)85-39-15-14-20-61(72(80)101)90-77(106)66(47-55-48-88-60-19-11-10-18-59(55)60)94-74(103)63(22-17-41-87-79(83)84)91-75(104)64(45-52-27-32-56(97)33-28-52)93-76(105)65(46-53-29-34-57(98)35-30-53)92-73(102)62(89-51(2)96)21-16-40-86-78(81)82/h10-11,18-19,27-36,44,48,58,61-67,69,88,97-98H,4-9,12-17,20-26,37-43,45-47,49H2,1-3H3,(H2,80,101)(H,85,99)(H,89,96)(H,90,106)(H,91,104)(H,92,102)(H,93,105)(H,94,103)(H4,81,82,86)(H4,83,84,87)/t58-,61+,62+,63+,64+,65+,66+,67-,69-/m1/s1. The Bertz CT molecular complexity index is 3830. The number of aromatic nitrogens is 1. The molecule has 0 unspecified atom stereocenters. The molecule has 1 saturated carbocycles. The van der Waals surface area contributed by atoms with Gasteiger partial charge in [0.15, 0.2) is 11.9 Å². The van der Waals surface area contributed by atoms with Gasteiger partial charge in [0.05, 0.1) is 19.8 Å². The van der Waals surface area contributed by atoms with Gasteiger partial charge in [-0.05, 0) is 155 Å². The zero-order valence-corrected chi connectivity index (χ0v) is 63.2. The van der Waals surface area contributed by atoms with Gasteiger partial charge >= 0.3 is 5.97 Å². The van der Waals surface area contributed by atoms with Crippen molar-refractivity contribution in [3.63, 3.8) is 0 Å². The number of para-hydroxylation sites is 1. The lowest BCUT2D eigenvalue weighted by Gasteiger charge is -2.37. The number of aromatic hydroxyl groups is 2. The van der Waals surface area contributed by atoms with Crippen LogP contribution < -0.4 is 70.6 Å². The van der Waals surface area contributed by atoms with Crippen LogP contribution in [0.25, 0.3) is 10.9 Å². The highest BCUT2D eigenvalue weighted by Crippen LogP contribution is 2.30. The number of benzene rings is 4. The molecule has 7 rings (SSSR count). The van der Waals surface area contributed by atoms with Gasteiger partial charge in [-0.15, -0.1) is 0 Å². The minimum absolute atomic E-state index is 0.0162. The van der Waals surface area contributed by atoms with Gasteiger partial charge < -0.3 is 95.3 Å². The zero-order valence-electron chi connectivity index (χ0n) is 63.2. The molecule has 1 aromatic heterocycles. The third-order valence-electron chi connectivity index (χ3n) is 19.7. The van der Waals surface area contributed by atoms with Crippen LogP contribution in [0.3, 0.4) is 0 Å². The SMILES string of the molecule is COc1ccc(CCO[C@@H]2CCCC[C@H]2N2CC[C@@H](OC(=O)CCCCCCCCC(=O)NCCCC[C@H](NC(=O)[C@H](Cc3c[nH]c4ccccc34)NC(=O)[C@H](CCCN=C(N)N)NC(=O)[C@H](Cc3ccc(O)cc3)NC(=O)[C@H](Cc3ccc(O)cc3)NC(=O)[C@H](CCCN=C(N)N)NC(C)=O)C(N)=O)C2)cc1C. The first-order valence-corrected chi connectivity index (χ1v) is 38.2. The van der Waals surface area contributed by atoms with Crippen molar-refractivity contribution < 1.29 is 67.6 Å². The van der Waals surface area contributed by atoms with E-state index in [0.29, 0.717) is 68.0 Å². The number of nitrogens with two attached hydrogens (primary N) is 5. The quantitative estimate of drug-likeness (QED) is 0.0113. The van der Waals surface area contributed by atoms with Gasteiger partial charge in [-0.25, -0.2) is 0 Å². The Labute approximate surface area is 637 Å². The van der Waals surface area contributed by atoms with Crippen molar-refractivity contribution in [2.75, 3.05) is 46.4 Å². The summed E-state index contributed by atoms with van der Waals surface area (Å²) < 4.78 is 17.9. The molecule has 1 aliphatic carbocycles. The van der Waals surface area contributed by atoms with Crippen LogP contribution in [0.2, 0.25) is 0 Å². The van der Waals surface area contributed by atoms with Crippen LogP contribution in [0.15, 0.2) is 107 Å². The number of likely N-dealkylation sites (tertiary alicyclic amines) is 1. The highest BCUT2D eigenvalue weighted by atomic mass is 16.5. The molecule has 20 N–H and O–H groups in total. The van der Waals surface area contributed by atoms with E-state index < -0.39 is 77.6 Å². The van der Waals surface area contributed by atoms with Gasteiger partial charge in [0.2, 0.25) is 47.3 Å². The number of aromatic amines is 1. The number of hydrogen-bond acceptors (Lipinski definition) is 17. The summed E-state index contributed by atoms with van der Waals surface area (Å²) in [6.45, 7) is 6.02. The minimum atomic E-state index is -1.49. The van der Waals surface area contributed by atoms with Crippen molar-refractivity contribution in [2.45, 2.75) is 222 Å². The first-order valence-electron chi connectivity index (χ1n) is 38.2. The Hall–Kier alpha value is -10.5. The molecule has 1 aliphatic heterocycles.